The zero-order valence-corrected chi connectivity index (χ0v) is 21.3. The van der Waals surface area contributed by atoms with E-state index >= 15 is 0 Å². The van der Waals surface area contributed by atoms with Gasteiger partial charge in [0.25, 0.3) is 0 Å². The SMILES string of the molecule is Cc1nc(-c2nnn(C)c2Cn2nnnc2Cc2ccc(Cl)cc2)ccc1O[C@H]1CCC[C@H](C(=O)O)C1. The molecule has 1 saturated carbocycles. The quantitative estimate of drug-likeness (QED) is 0.369. The summed E-state index contributed by atoms with van der Waals surface area (Å²) < 4.78 is 9.57. The first-order chi connectivity index (χ1) is 17.9. The highest BCUT2D eigenvalue weighted by Crippen LogP contribution is 2.30. The number of aromatic nitrogens is 8. The van der Waals surface area contributed by atoms with Gasteiger partial charge in [0.05, 0.1) is 35.6 Å². The van der Waals surface area contributed by atoms with E-state index in [0.717, 1.165) is 24.1 Å². The molecule has 1 aliphatic rings. The molecule has 37 heavy (non-hydrogen) atoms. The van der Waals surface area contributed by atoms with Crippen molar-refractivity contribution in [2.24, 2.45) is 13.0 Å². The first kappa shape index (κ1) is 24.8. The number of carboxylic acids is 1. The molecule has 0 bridgehead atoms. The van der Waals surface area contributed by atoms with Gasteiger partial charge in [0, 0.05) is 18.5 Å². The second kappa shape index (κ2) is 10.6. The zero-order valence-electron chi connectivity index (χ0n) is 20.6. The minimum Gasteiger partial charge on any atom is -0.489 e. The van der Waals surface area contributed by atoms with E-state index in [4.69, 9.17) is 21.3 Å². The van der Waals surface area contributed by atoms with Crippen molar-refractivity contribution >= 4 is 17.6 Å². The molecule has 3 heterocycles. The van der Waals surface area contributed by atoms with E-state index in [1.807, 2.05) is 50.4 Å². The van der Waals surface area contributed by atoms with E-state index in [1.54, 1.807) is 9.36 Å². The van der Waals surface area contributed by atoms with Crippen LogP contribution in [0.4, 0.5) is 0 Å². The number of nitrogens with zero attached hydrogens (tertiary/aromatic N) is 8. The van der Waals surface area contributed by atoms with Crippen LogP contribution in [0.2, 0.25) is 5.02 Å². The van der Waals surface area contributed by atoms with E-state index in [1.165, 1.54) is 0 Å². The van der Waals surface area contributed by atoms with Crippen molar-refractivity contribution in [3.63, 3.8) is 0 Å². The number of pyridine rings is 1. The van der Waals surface area contributed by atoms with Crippen molar-refractivity contribution in [3.8, 4) is 17.1 Å². The lowest BCUT2D eigenvalue weighted by molar-refractivity contribution is -0.143. The fraction of sp³-hybridized carbons (Fsp3) is 0.400. The number of carboxylic acid groups (broad SMARTS) is 1. The van der Waals surface area contributed by atoms with Gasteiger partial charge in [-0.25, -0.2) is 14.3 Å². The van der Waals surface area contributed by atoms with Crippen LogP contribution in [-0.2, 0) is 24.8 Å². The summed E-state index contributed by atoms with van der Waals surface area (Å²) in [7, 11) is 1.82. The summed E-state index contributed by atoms with van der Waals surface area (Å²) in [5, 5.41) is 30.8. The Kier molecular flexibility index (Phi) is 7.13. The molecule has 0 radical (unpaired) electrons. The van der Waals surface area contributed by atoms with Crippen LogP contribution in [0.15, 0.2) is 36.4 Å². The summed E-state index contributed by atoms with van der Waals surface area (Å²) >= 11 is 6.00. The number of rotatable bonds is 8. The molecule has 0 saturated heterocycles. The summed E-state index contributed by atoms with van der Waals surface area (Å²) in [4.78, 5) is 16.1. The molecule has 4 aromatic rings. The van der Waals surface area contributed by atoms with Gasteiger partial charge in [0.15, 0.2) is 5.82 Å². The molecule has 1 N–H and O–H groups in total. The molecule has 12 heteroatoms. The summed E-state index contributed by atoms with van der Waals surface area (Å²) in [6, 6.07) is 11.3. The van der Waals surface area contributed by atoms with Gasteiger partial charge >= 0.3 is 5.97 Å². The van der Waals surface area contributed by atoms with Crippen LogP contribution in [0, 0.1) is 12.8 Å². The fourth-order valence-corrected chi connectivity index (χ4v) is 4.74. The third kappa shape index (κ3) is 5.61. The molecular weight excluding hydrogens is 496 g/mol. The van der Waals surface area contributed by atoms with Crippen LogP contribution in [0.3, 0.4) is 0 Å². The maximum Gasteiger partial charge on any atom is 0.306 e. The van der Waals surface area contributed by atoms with Gasteiger partial charge in [-0.2, -0.15) is 0 Å². The number of aryl methyl sites for hydroxylation is 2. The van der Waals surface area contributed by atoms with E-state index in [0.29, 0.717) is 59.5 Å². The van der Waals surface area contributed by atoms with Crippen LogP contribution in [-0.4, -0.2) is 57.4 Å². The Morgan fingerprint density at radius 2 is 1.95 bits per heavy atom. The summed E-state index contributed by atoms with van der Waals surface area (Å²) in [5.41, 5.74) is 3.85. The van der Waals surface area contributed by atoms with Gasteiger partial charge in [0.2, 0.25) is 0 Å². The van der Waals surface area contributed by atoms with Crippen molar-refractivity contribution in [2.75, 3.05) is 0 Å². The standard InChI is InChI=1S/C25H27ClN8O3/c1-15-22(37-19-5-3-4-17(13-19)25(35)36)11-10-20(27-15)24-21(33(2)31-29-24)14-34-23(28-30-32-34)12-16-6-8-18(26)9-7-16/h6-11,17,19H,3-5,12-14H2,1-2H3,(H,35,36)/t17-,19-/m0/s1. The first-order valence-electron chi connectivity index (χ1n) is 12.1. The molecule has 1 aliphatic carbocycles. The third-order valence-electron chi connectivity index (χ3n) is 6.67. The Labute approximate surface area is 218 Å². The van der Waals surface area contributed by atoms with Crippen molar-refractivity contribution in [2.45, 2.75) is 51.7 Å². The molecule has 5 rings (SSSR count). The fourth-order valence-electron chi connectivity index (χ4n) is 4.61. The summed E-state index contributed by atoms with van der Waals surface area (Å²) in [6.07, 6.45) is 3.30. The number of ether oxygens (including phenoxy) is 1. The predicted octanol–water partition coefficient (Wildman–Crippen LogP) is 3.49. The van der Waals surface area contributed by atoms with E-state index in [2.05, 4.69) is 25.8 Å². The van der Waals surface area contributed by atoms with Crippen LogP contribution in [0.5, 0.6) is 5.75 Å². The Bertz CT molecular complexity index is 1400. The van der Waals surface area contributed by atoms with Gasteiger partial charge in [-0.1, -0.05) is 28.9 Å². The van der Waals surface area contributed by atoms with Gasteiger partial charge in [-0.15, -0.1) is 10.2 Å². The highest BCUT2D eigenvalue weighted by Gasteiger charge is 2.28. The van der Waals surface area contributed by atoms with E-state index in [-0.39, 0.29) is 12.0 Å². The van der Waals surface area contributed by atoms with Gasteiger partial charge in [-0.3, -0.25) is 4.79 Å². The second-order valence-electron chi connectivity index (χ2n) is 9.29. The minimum absolute atomic E-state index is 0.132. The number of aliphatic carboxylic acids is 1. The maximum absolute atomic E-state index is 11.4. The largest absolute Gasteiger partial charge is 0.489 e. The number of hydrogen-bond acceptors (Lipinski definition) is 8. The van der Waals surface area contributed by atoms with Crippen molar-refractivity contribution in [1.29, 1.82) is 0 Å². The normalized spacial score (nSPS) is 17.6. The second-order valence-corrected chi connectivity index (χ2v) is 9.72. The maximum atomic E-state index is 11.4. The van der Waals surface area contributed by atoms with Crippen LogP contribution in [0.1, 0.15) is 48.5 Å². The Morgan fingerprint density at radius 3 is 2.70 bits per heavy atom. The average Bonchev–Trinajstić information content (AvgIpc) is 3.48. The smallest absolute Gasteiger partial charge is 0.306 e. The summed E-state index contributed by atoms with van der Waals surface area (Å²) in [5.74, 6) is 0.238. The lowest BCUT2D eigenvalue weighted by Crippen LogP contribution is -2.29. The number of halogens is 1. The van der Waals surface area contributed by atoms with Crippen molar-refractivity contribution < 1.29 is 14.6 Å². The molecule has 0 unspecified atom stereocenters. The average molecular weight is 523 g/mol. The molecule has 192 valence electrons. The first-order valence-corrected chi connectivity index (χ1v) is 12.5. The highest BCUT2D eigenvalue weighted by molar-refractivity contribution is 6.30. The Hall–Kier alpha value is -3.86. The lowest BCUT2D eigenvalue weighted by atomic mass is 9.87. The highest BCUT2D eigenvalue weighted by atomic mass is 35.5. The number of hydrogen-bond donors (Lipinski definition) is 1. The van der Waals surface area contributed by atoms with Gasteiger partial charge < -0.3 is 9.84 Å². The minimum atomic E-state index is -0.757. The van der Waals surface area contributed by atoms with E-state index < -0.39 is 5.97 Å². The molecule has 11 nitrogen and oxygen atoms in total. The Balaban J connectivity index is 1.34. The topological polar surface area (TPSA) is 134 Å². The molecule has 0 amide bonds. The molecule has 0 spiro atoms. The lowest BCUT2D eigenvalue weighted by Gasteiger charge is -2.27. The van der Waals surface area contributed by atoms with Crippen LogP contribution in [0.25, 0.3) is 11.4 Å². The van der Waals surface area contributed by atoms with E-state index in [9.17, 15) is 9.90 Å². The Morgan fingerprint density at radius 1 is 1.14 bits per heavy atom. The molecule has 2 atom stereocenters. The number of carbonyl (C=O) groups is 1. The zero-order chi connectivity index (χ0) is 25.9. The third-order valence-corrected chi connectivity index (χ3v) is 6.92. The molecule has 1 aromatic carbocycles. The monoisotopic (exact) mass is 522 g/mol. The van der Waals surface area contributed by atoms with Gasteiger partial charge in [-0.05, 0) is 72.9 Å². The predicted molar refractivity (Wildman–Crippen MR) is 134 cm³/mol. The molecular formula is C25H27ClN8O3. The van der Waals surface area contributed by atoms with Crippen molar-refractivity contribution in [3.05, 3.63) is 64.2 Å². The number of tetrazole rings is 1. The number of benzene rings is 1. The van der Waals surface area contributed by atoms with Crippen LogP contribution >= 0.6 is 11.6 Å². The van der Waals surface area contributed by atoms with Crippen molar-refractivity contribution in [1.82, 2.24) is 40.2 Å². The van der Waals surface area contributed by atoms with Gasteiger partial charge in [0.1, 0.15) is 11.4 Å². The summed E-state index contributed by atoms with van der Waals surface area (Å²) in [6.45, 7) is 2.24. The molecule has 3 aromatic heterocycles. The molecule has 0 aliphatic heterocycles. The van der Waals surface area contributed by atoms with Crippen LogP contribution < -0.4 is 4.74 Å². The molecule has 1 fully saturated rings.